The summed E-state index contributed by atoms with van der Waals surface area (Å²) in [6.45, 7) is 5.20. The van der Waals surface area contributed by atoms with Gasteiger partial charge in [0.25, 0.3) is 0 Å². The topological polar surface area (TPSA) is 40.5 Å². The standard InChI is InChI=1S/C9H18FNO2/c1-8(2)7-11(6-4-10)5-3-9(12)13/h8H,3-7H2,1-2H3,(H,12,13). The molecule has 0 heterocycles. The minimum atomic E-state index is -0.826. The second-order valence-electron chi connectivity index (χ2n) is 3.53. The molecule has 0 aromatic rings. The fourth-order valence-corrected chi connectivity index (χ4v) is 1.18. The van der Waals surface area contributed by atoms with Gasteiger partial charge in [0.05, 0.1) is 6.42 Å². The van der Waals surface area contributed by atoms with E-state index in [0.717, 1.165) is 6.54 Å². The van der Waals surface area contributed by atoms with Crippen LogP contribution in [0, 0.1) is 5.92 Å². The molecule has 0 rings (SSSR count). The lowest BCUT2D eigenvalue weighted by Crippen LogP contribution is -2.31. The fourth-order valence-electron chi connectivity index (χ4n) is 1.18. The van der Waals surface area contributed by atoms with E-state index in [0.29, 0.717) is 19.0 Å². The number of carbonyl (C=O) groups is 1. The molecular formula is C9H18FNO2. The highest BCUT2D eigenvalue weighted by Crippen LogP contribution is 1.99. The molecule has 0 aliphatic rings. The van der Waals surface area contributed by atoms with Crippen LogP contribution in [0.4, 0.5) is 4.39 Å². The third kappa shape index (κ3) is 7.71. The van der Waals surface area contributed by atoms with Gasteiger partial charge in [-0.15, -0.1) is 0 Å². The molecule has 0 saturated carbocycles. The van der Waals surface area contributed by atoms with Crippen molar-refractivity contribution in [2.45, 2.75) is 20.3 Å². The van der Waals surface area contributed by atoms with Crippen LogP contribution >= 0.6 is 0 Å². The number of nitrogens with zero attached hydrogens (tertiary/aromatic N) is 1. The second-order valence-corrected chi connectivity index (χ2v) is 3.53. The summed E-state index contributed by atoms with van der Waals surface area (Å²) < 4.78 is 12.0. The van der Waals surface area contributed by atoms with Gasteiger partial charge < -0.3 is 5.11 Å². The minimum Gasteiger partial charge on any atom is -0.481 e. The number of carboxylic acid groups (broad SMARTS) is 1. The molecule has 0 aliphatic heterocycles. The summed E-state index contributed by atoms with van der Waals surface area (Å²) >= 11 is 0. The van der Waals surface area contributed by atoms with Crippen molar-refractivity contribution in [2.75, 3.05) is 26.3 Å². The molecule has 0 aromatic heterocycles. The van der Waals surface area contributed by atoms with Crippen LogP contribution < -0.4 is 0 Å². The lowest BCUT2D eigenvalue weighted by molar-refractivity contribution is -0.137. The highest BCUT2D eigenvalue weighted by Gasteiger charge is 2.08. The molecule has 0 amide bonds. The zero-order valence-corrected chi connectivity index (χ0v) is 8.29. The largest absolute Gasteiger partial charge is 0.481 e. The van der Waals surface area contributed by atoms with Gasteiger partial charge >= 0.3 is 5.97 Å². The fraction of sp³-hybridized carbons (Fsp3) is 0.889. The van der Waals surface area contributed by atoms with Gasteiger partial charge in [0, 0.05) is 19.6 Å². The predicted octanol–water partition coefficient (Wildman–Crippen LogP) is 1.39. The third-order valence-corrected chi connectivity index (χ3v) is 1.67. The van der Waals surface area contributed by atoms with Crippen molar-refractivity contribution < 1.29 is 14.3 Å². The van der Waals surface area contributed by atoms with Gasteiger partial charge in [0.15, 0.2) is 0 Å². The first-order chi connectivity index (χ1) is 6.06. The van der Waals surface area contributed by atoms with Gasteiger partial charge in [-0.25, -0.2) is 4.39 Å². The number of aliphatic carboxylic acids is 1. The summed E-state index contributed by atoms with van der Waals surface area (Å²) in [5.74, 6) is -0.382. The van der Waals surface area contributed by atoms with Crippen molar-refractivity contribution in [1.82, 2.24) is 4.90 Å². The van der Waals surface area contributed by atoms with Crippen LogP contribution in [-0.4, -0.2) is 42.3 Å². The zero-order valence-electron chi connectivity index (χ0n) is 8.29. The van der Waals surface area contributed by atoms with E-state index in [9.17, 15) is 9.18 Å². The molecule has 0 spiro atoms. The van der Waals surface area contributed by atoms with E-state index in [1.54, 1.807) is 0 Å². The molecule has 0 fully saturated rings. The molecule has 0 aliphatic carbocycles. The molecule has 4 heteroatoms. The summed E-state index contributed by atoms with van der Waals surface area (Å²) in [6.07, 6.45) is 0.0900. The Balaban J connectivity index is 3.72. The number of rotatable bonds is 7. The molecule has 1 N–H and O–H groups in total. The SMILES string of the molecule is CC(C)CN(CCF)CCC(=O)O. The van der Waals surface area contributed by atoms with Crippen LogP contribution in [0.3, 0.4) is 0 Å². The van der Waals surface area contributed by atoms with Crippen molar-refractivity contribution in [3.63, 3.8) is 0 Å². The van der Waals surface area contributed by atoms with E-state index < -0.39 is 12.6 Å². The van der Waals surface area contributed by atoms with Crippen LogP contribution in [0.25, 0.3) is 0 Å². The van der Waals surface area contributed by atoms with Crippen molar-refractivity contribution in [3.05, 3.63) is 0 Å². The molecule has 0 radical (unpaired) electrons. The Labute approximate surface area is 78.5 Å². The first-order valence-corrected chi connectivity index (χ1v) is 4.56. The monoisotopic (exact) mass is 191 g/mol. The van der Waals surface area contributed by atoms with Crippen LogP contribution in [-0.2, 0) is 4.79 Å². The van der Waals surface area contributed by atoms with Crippen molar-refractivity contribution in [3.8, 4) is 0 Å². The van der Waals surface area contributed by atoms with E-state index >= 15 is 0 Å². The normalized spacial score (nSPS) is 11.2. The van der Waals surface area contributed by atoms with Crippen molar-refractivity contribution in [1.29, 1.82) is 0 Å². The lowest BCUT2D eigenvalue weighted by Gasteiger charge is -2.21. The highest BCUT2D eigenvalue weighted by molar-refractivity contribution is 5.66. The molecule has 78 valence electrons. The molecule has 0 unspecified atom stereocenters. The average Bonchev–Trinajstić information content (AvgIpc) is 1.99. The third-order valence-electron chi connectivity index (χ3n) is 1.67. The summed E-state index contributed by atoms with van der Waals surface area (Å²) in [5.41, 5.74) is 0. The van der Waals surface area contributed by atoms with E-state index in [1.807, 2.05) is 18.7 Å². The summed E-state index contributed by atoms with van der Waals surface area (Å²) in [5, 5.41) is 8.44. The Hall–Kier alpha value is -0.640. The van der Waals surface area contributed by atoms with Gasteiger partial charge in [-0.1, -0.05) is 13.8 Å². The first-order valence-electron chi connectivity index (χ1n) is 4.56. The van der Waals surface area contributed by atoms with Gasteiger partial charge in [-0.05, 0) is 5.92 Å². The van der Waals surface area contributed by atoms with Gasteiger partial charge in [-0.3, -0.25) is 9.69 Å². The summed E-state index contributed by atoms with van der Waals surface area (Å²) in [4.78, 5) is 12.1. The Morgan fingerprint density at radius 2 is 2.08 bits per heavy atom. The number of hydrogen-bond donors (Lipinski definition) is 1. The summed E-state index contributed by atoms with van der Waals surface area (Å²) in [6, 6.07) is 0. The van der Waals surface area contributed by atoms with E-state index in [1.165, 1.54) is 0 Å². The van der Waals surface area contributed by atoms with Gasteiger partial charge in [0.2, 0.25) is 0 Å². The molecule has 3 nitrogen and oxygen atoms in total. The Morgan fingerprint density at radius 3 is 2.46 bits per heavy atom. The Morgan fingerprint density at radius 1 is 1.46 bits per heavy atom. The van der Waals surface area contributed by atoms with E-state index in [2.05, 4.69) is 0 Å². The quantitative estimate of drug-likeness (QED) is 0.661. The van der Waals surface area contributed by atoms with Crippen molar-refractivity contribution >= 4 is 5.97 Å². The highest BCUT2D eigenvalue weighted by atomic mass is 19.1. The maximum Gasteiger partial charge on any atom is 0.304 e. The molecule has 0 aromatic carbocycles. The molecule has 0 bridgehead atoms. The number of alkyl halides is 1. The maximum absolute atomic E-state index is 12.0. The Kier molecular flexibility index (Phi) is 6.49. The van der Waals surface area contributed by atoms with E-state index in [4.69, 9.17) is 5.11 Å². The minimum absolute atomic E-state index is 0.0900. The van der Waals surface area contributed by atoms with Gasteiger partial charge in [0.1, 0.15) is 6.67 Å². The van der Waals surface area contributed by atoms with Crippen molar-refractivity contribution in [2.24, 2.45) is 5.92 Å². The smallest absolute Gasteiger partial charge is 0.304 e. The molecule has 13 heavy (non-hydrogen) atoms. The summed E-state index contributed by atoms with van der Waals surface area (Å²) in [7, 11) is 0. The van der Waals surface area contributed by atoms with Crippen LogP contribution in [0.2, 0.25) is 0 Å². The van der Waals surface area contributed by atoms with Crippen LogP contribution in [0.15, 0.2) is 0 Å². The zero-order chi connectivity index (χ0) is 10.3. The predicted molar refractivity (Wildman–Crippen MR) is 49.5 cm³/mol. The number of hydrogen-bond acceptors (Lipinski definition) is 2. The van der Waals surface area contributed by atoms with Crippen LogP contribution in [0.1, 0.15) is 20.3 Å². The molecular weight excluding hydrogens is 173 g/mol. The van der Waals surface area contributed by atoms with Crippen LogP contribution in [0.5, 0.6) is 0 Å². The lowest BCUT2D eigenvalue weighted by atomic mass is 10.2. The van der Waals surface area contributed by atoms with E-state index in [-0.39, 0.29) is 6.42 Å². The first kappa shape index (κ1) is 12.4. The number of halogens is 1. The average molecular weight is 191 g/mol. The molecule has 0 saturated heterocycles. The second kappa shape index (κ2) is 6.83. The maximum atomic E-state index is 12.0. The molecule has 0 atom stereocenters. The Bertz CT molecular complexity index is 151. The van der Waals surface area contributed by atoms with Gasteiger partial charge in [-0.2, -0.15) is 0 Å². The number of carboxylic acids is 1.